The maximum absolute atomic E-state index is 11.7. The summed E-state index contributed by atoms with van der Waals surface area (Å²) < 4.78 is 3.44. The van der Waals surface area contributed by atoms with E-state index in [2.05, 4.69) is 5.32 Å². The van der Waals surface area contributed by atoms with E-state index in [-0.39, 0.29) is 11.5 Å². The van der Waals surface area contributed by atoms with E-state index in [0.717, 1.165) is 0 Å². The molecule has 2 heterocycles. The van der Waals surface area contributed by atoms with Crippen LogP contribution in [0, 0.1) is 0 Å². The van der Waals surface area contributed by atoms with Gasteiger partial charge in [0.15, 0.2) is 24.8 Å². The average Bonchev–Trinajstić information content (AvgIpc) is 2.34. The van der Waals surface area contributed by atoms with Gasteiger partial charge in [-0.1, -0.05) is 0 Å². The number of nitrogens with one attached hydrogen (secondary N) is 1. The first-order chi connectivity index (χ1) is 9.06. The van der Waals surface area contributed by atoms with Crippen molar-refractivity contribution in [3.63, 3.8) is 0 Å². The van der Waals surface area contributed by atoms with Crippen molar-refractivity contribution in [3.8, 4) is 11.5 Å². The number of nitrogens with zero attached hydrogens (tertiary/aromatic N) is 2. The zero-order chi connectivity index (χ0) is 13.8. The highest BCUT2D eigenvalue weighted by molar-refractivity contribution is 5.26. The van der Waals surface area contributed by atoms with Crippen molar-refractivity contribution in [2.24, 2.45) is 14.1 Å². The number of aromatic nitrogens is 2. The summed E-state index contributed by atoms with van der Waals surface area (Å²) in [4.78, 5) is 0. The van der Waals surface area contributed by atoms with Crippen LogP contribution in [-0.4, -0.2) is 0 Å². The first-order valence-corrected chi connectivity index (χ1v) is 6.07. The molecule has 19 heavy (non-hydrogen) atoms. The highest BCUT2D eigenvalue weighted by Gasteiger charge is 2.01. The van der Waals surface area contributed by atoms with Gasteiger partial charge in [0, 0.05) is 25.2 Å². The van der Waals surface area contributed by atoms with Crippen molar-refractivity contribution >= 4 is 0 Å². The minimum atomic E-state index is -0.000640. The zero-order valence-corrected chi connectivity index (χ0v) is 11.1. The van der Waals surface area contributed by atoms with E-state index in [0.29, 0.717) is 24.2 Å². The molecule has 1 N–H and O–H groups in total. The standard InChI is InChI=1S/C14H17N3O2/c1-16-5-3-11(13(18)9-16)7-15-8-12-4-6-17(2)10-14(12)19/h3-6,9-10,15H,7-8H2,1-2H3. The third-order valence-corrected chi connectivity index (χ3v) is 2.93. The van der Waals surface area contributed by atoms with Crippen molar-refractivity contribution in [2.45, 2.75) is 13.1 Å². The van der Waals surface area contributed by atoms with Crippen LogP contribution in [0.4, 0.5) is 0 Å². The Morgan fingerprint density at radius 2 is 1.32 bits per heavy atom. The Morgan fingerprint density at radius 1 is 0.895 bits per heavy atom. The van der Waals surface area contributed by atoms with Crippen molar-refractivity contribution in [1.29, 1.82) is 0 Å². The van der Waals surface area contributed by atoms with Gasteiger partial charge in [-0.05, 0) is 22.6 Å². The molecule has 0 aromatic carbocycles. The highest BCUT2D eigenvalue weighted by atomic mass is 16.3. The molecular formula is C14H17N3O2. The van der Waals surface area contributed by atoms with Crippen molar-refractivity contribution < 1.29 is 19.3 Å². The van der Waals surface area contributed by atoms with Gasteiger partial charge in [-0.15, -0.1) is 0 Å². The van der Waals surface area contributed by atoms with Gasteiger partial charge < -0.3 is 15.5 Å². The van der Waals surface area contributed by atoms with Gasteiger partial charge >= 0.3 is 0 Å². The van der Waals surface area contributed by atoms with Gasteiger partial charge in [0.2, 0.25) is 0 Å². The van der Waals surface area contributed by atoms with Crippen LogP contribution in [0.1, 0.15) is 11.1 Å². The predicted molar refractivity (Wildman–Crippen MR) is 64.7 cm³/mol. The summed E-state index contributed by atoms with van der Waals surface area (Å²) in [6.45, 7) is 0.917. The van der Waals surface area contributed by atoms with Crippen LogP contribution in [0.15, 0.2) is 36.9 Å². The topological polar surface area (TPSA) is 65.9 Å². The minimum absolute atomic E-state index is 0.000640. The molecule has 0 amide bonds. The van der Waals surface area contributed by atoms with Crippen LogP contribution in [0.3, 0.4) is 0 Å². The molecule has 2 aromatic heterocycles. The number of hydrogen-bond donors (Lipinski definition) is 1. The number of hydrogen-bond acceptors (Lipinski definition) is 3. The van der Waals surface area contributed by atoms with E-state index in [9.17, 15) is 10.2 Å². The molecule has 100 valence electrons. The Morgan fingerprint density at radius 3 is 1.68 bits per heavy atom. The molecule has 0 atom stereocenters. The molecule has 0 saturated carbocycles. The van der Waals surface area contributed by atoms with Gasteiger partial charge in [-0.3, -0.25) is 0 Å². The molecule has 0 fully saturated rings. The number of rotatable bonds is 4. The van der Waals surface area contributed by atoms with Crippen LogP contribution in [-0.2, 0) is 27.2 Å². The summed E-state index contributed by atoms with van der Waals surface area (Å²) in [5.41, 5.74) is 1.40. The monoisotopic (exact) mass is 259 g/mol. The molecular weight excluding hydrogens is 242 g/mol. The highest BCUT2D eigenvalue weighted by Crippen LogP contribution is 2.11. The lowest BCUT2D eigenvalue weighted by Crippen LogP contribution is -2.29. The van der Waals surface area contributed by atoms with E-state index >= 15 is 0 Å². The summed E-state index contributed by atoms with van der Waals surface area (Å²) in [6.07, 6.45) is 6.75. The summed E-state index contributed by atoms with van der Waals surface area (Å²) >= 11 is 0. The van der Waals surface area contributed by atoms with Crippen molar-refractivity contribution in [1.82, 2.24) is 5.32 Å². The van der Waals surface area contributed by atoms with Crippen LogP contribution < -0.4 is 24.7 Å². The maximum atomic E-state index is 11.7. The van der Waals surface area contributed by atoms with E-state index in [1.165, 1.54) is 0 Å². The molecule has 0 unspecified atom stereocenters. The lowest BCUT2D eigenvalue weighted by Gasteiger charge is -2.14. The van der Waals surface area contributed by atoms with Gasteiger partial charge in [0.25, 0.3) is 0 Å². The fourth-order valence-corrected chi connectivity index (χ4v) is 1.83. The predicted octanol–water partition coefficient (Wildman–Crippen LogP) is -1.23. The van der Waals surface area contributed by atoms with E-state index in [1.807, 2.05) is 26.5 Å². The molecule has 2 rings (SSSR count). The molecule has 5 nitrogen and oxygen atoms in total. The minimum Gasteiger partial charge on any atom is -0.868 e. The summed E-state index contributed by atoms with van der Waals surface area (Å²) in [7, 11) is 3.62. The Kier molecular flexibility index (Phi) is 3.97. The van der Waals surface area contributed by atoms with Gasteiger partial charge in [-0.2, -0.15) is 0 Å². The Labute approximate surface area is 112 Å². The molecule has 0 aliphatic heterocycles. The molecule has 0 aliphatic rings. The molecule has 5 heteroatoms. The van der Waals surface area contributed by atoms with Crippen LogP contribution >= 0.6 is 0 Å². The van der Waals surface area contributed by atoms with Gasteiger partial charge in [0.05, 0.1) is 0 Å². The Bertz CT molecular complexity index is 533. The van der Waals surface area contributed by atoms with Crippen LogP contribution in [0.25, 0.3) is 0 Å². The molecule has 0 bridgehead atoms. The second kappa shape index (κ2) is 5.67. The van der Waals surface area contributed by atoms with E-state index in [4.69, 9.17) is 0 Å². The van der Waals surface area contributed by atoms with Crippen LogP contribution in [0.5, 0.6) is 11.5 Å². The molecule has 0 saturated heterocycles. The zero-order valence-electron chi connectivity index (χ0n) is 11.1. The largest absolute Gasteiger partial charge is 0.868 e. The van der Waals surface area contributed by atoms with Gasteiger partial charge in [-0.25, -0.2) is 9.13 Å². The number of aryl methyl sites for hydroxylation is 2. The van der Waals surface area contributed by atoms with Crippen molar-refractivity contribution in [2.75, 3.05) is 0 Å². The van der Waals surface area contributed by atoms with Crippen LogP contribution in [0.2, 0.25) is 0 Å². The normalized spacial score (nSPS) is 10.6. The van der Waals surface area contributed by atoms with E-state index < -0.39 is 0 Å². The second-order valence-electron chi connectivity index (χ2n) is 4.60. The summed E-state index contributed by atoms with van der Waals surface area (Å²) in [5.74, 6) is -0.00128. The molecule has 0 aliphatic carbocycles. The SMILES string of the molecule is C[n+]1ccc(CNCc2cc[n+](C)cc2[O-])c([O-])c1. The number of pyridine rings is 2. The Hall–Kier alpha value is -2.14. The second-order valence-corrected chi connectivity index (χ2v) is 4.60. The Balaban J connectivity index is 1.96. The third-order valence-electron chi connectivity index (χ3n) is 2.93. The molecule has 2 aromatic rings. The summed E-state index contributed by atoms with van der Waals surface area (Å²) in [6, 6.07) is 3.58. The first kappa shape index (κ1) is 13.3. The molecule has 0 radical (unpaired) electrons. The third kappa shape index (κ3) is 3.42. The smallest absolute Gasteiger partial charge is 0.168 e. The fourth-order valence-electron chi connectivity index (χ4n) is 1.83. The van der Waals surface area contributed by atoms with Gasteiger partial charge in [0.1, 0.15) is 14.1 Å². The van der Waals surface area contributed by atoms with Crippen molar-refractivity contribution in [3.05, 3.63) is 48.0 Å². The average molecular weight is 259 g/mol. The first-order valence-electron chi connectivity index (χ1n) is 6.07. The lowest BCUT2D eigenvalue weighted by molar-refractivity contribution is -0.674. The maximum Gasteiger partial charge on any atom is 0.168 e. The fraction of sp³-hybridized carbons (Fsp3) is 0.286. The lowest BCUT2D eigenvalue weighted by atomic mass is 10.2. The molecule has 0 spiro atoms. The van der Waals surface area contributed by atoms with E-state index in [1.54, 1.807) is 33.7 Å². The summed E-state index contributed by atoms with van der Waals surface area (Å²) in [5, 5.41) is 26.5. The quantitative estimate of drug-likeness (QED) is 0.699.